The van der Waals surface area contributed by atoms with Crippen LogP contribution in [-0.4, -0.2) is 32.6 Å². The molecule has 13 heteroatoms. The van der Waals surface area contributed by atoms with Crippen LogP contribution in [0, 0.1) is 5.82 Å². The molecule has 0 aromatic heterocycles. The van der Waals surface area contributed by atoms with E-state index in [4.69, 9.17) is 0 Å². The van der Waals surface area contributed by atoms with E-state index in [1.54, 1.807) is 0 Å². The first kappa shape index (κ1) is 26.3. The predicted octanol–water partition coefficient (Wildman–Crippen LogP) is 5.88. The number of nitrogens with zero attached hydrogens (tertiary/aromatic N) is 1. The van der Waals surface area contributed by atoms with Gasteiger partial charge in [-0.25, -0.2) is 12.8 Å². The Morgan fingerprint density at radius 2 is 1.78 bits per heavy atom. The van der Waals surface area contributed by atoms with Crippen LogP contribution in [0.1, 0.15) is 23.5 Å². The zero-order valence-electron chi connectivity index (χ0n) is 18.5. The maximum atomic E-state index is 14.1. The minimum atomic E-state index is -4.80. The van der Waals surface area contributed by atoms with E-state index < -0.39 is 63.1 Å². The Labute approximate surface area is 206 Å². The van der Waals surface area contributed by atoms with E-state index in [9.17, 15) is 44.7 Å². The van der Waals surface area contributed by atoms with Crippen molar-refractivity contribution in [3.63, 3.8) is 0 Å². The van der Waals surface area contributed by atoms with Crippen molar-refractivity contribution in [1.82, 2.24) is 0 Å². The van der Waals surface area contributed by atoms with E-state index in [1.165, 1.54) is 18.2 Å². The molecular weight excluding hydrogens is 528 g/mol. The van der Waals surface area contributed by atoms with E-state index in [-0.39, 0.29) is 23.4 Å². The smallest absolute Gasteiger partial charge is 0.416 e. The minimum absolute atomic E-state index is 0.0262. The van der Waals surface area contributed by atoms with Crippen LogP contribution in [0.2, 0.25) is 0 Å². The first-order chi connectivity index (χ1) is 17.3. The van der Waals surface area contributed by atoms with Gasteiger partial charge < -0.3 is 9.84 Å². The maximum absolute atomic E-state index is 14.1. The molecule has 0 fully saturated rings. The number of aliphatic carboxylic acids is 1. The van der Waals surface area contributed by atoms with Gasteiger partial charge in [0.15, 0.2) is 0 Å². The van der Waals surface area contributed by atoms with E-state index in [1.807, 2.05) is 0 Å². The van der Waals surface area contributed by atoms with Gasteiger partial charge in [0.1, 0.15) is 11.6 Å². The second kappa shape index (κ2) is 9.61. The highest BCUT2D eigenvalue weighted by molar-refractivity contribution is 7.92. The summed E-state index contributed by atoms with van der Waals surface area (Å²) in [6.07, 6.45) is -5.27. The van der Waals surface area contributed by atoms with Crippen LogP contribution < -0.4 is 9.04 Å². The largest absolute Gasteiger partial charge is 0.481 e. The van der Waals surface area contributed by atoms with Crippen molar-refractivity contribution < 1.29 is 49.4 Å². The highest BCUT2D eigenvalue weighted by Gasteiger charge is 2.39. The van der Waals surface area contributed by atoms with E-state index in [2.05, 4.69) is 4.74 Å². The molecular formula is C24H17F6NO5S. The number of hydrogen-bond donors (Lipinski definition) is 1. The lowest BCUT2D eigenvalue weighted by molar-refractivity contribution is -0.138. The standard InChI is InChI=1S/C24H17F6NO5S/c25-17-6-14(7-18(11-17)36-23(26)27)13-4-5-20-15(9-22(32)33)12-31(21(20)8-13)37(34,35)19-3-1-2-16(10-19)24(28,29)30/h1-8,10-11,15,23H,9,12H2,(H,32,33). The van der Waals surface area contributed by atoms with Crippen molar-refractivity contribution in [1.29, 1.82) is 0 Å². The quantitative estimate of drug-likeness (QED) is 0.375. The fourth-order valence-electron chi connectivity index (χ4n) is 4.15. The first-order valence-electron chi connectivity index (χ1n) is 10.6. The van der Waals surface area contributed by atoms with Crippen molar-refractivity contribution in [2.24, 2.45) is 0 Å². The summed E-state index contributed by atoms with van der Waals surface area (Å²) in [5.74, 6) is -3.45. The Balaban J connectivity index is 1.82. The van der Waals surface area contributed by atoms with Gasteiger partial charge in [-0.3, -0.25) is 9.10 Å². The highest BCUT2D eigenvalue weighted by atomic mass is 32.2. The number of hydrogen-bond acceptors (Lipinski definition) is 4. The molecule has 3 aromatic rings. The normalized spacial score (nSPS) is 15.6. The number of halogens is 6. The summed E-state index contributed by atoms with van der Waals surface area (Å²) in [4.78, 5) is 10.7. The molecule has 6 nitrogen and oxygen atoms in total. The predicted molar refractivity (Wildman–Crippen MR) is 119 cm³/mol. The molecule has 1 aliphatic rings. The molecule has 0 amide bonds. The molecule has 0 saturated heterocycles. The maximum Gasteiger partial charge on any atom is 0.416 e. The fraction of sp³-hybridized carbons (Fsp3) is 0.208. The van der Waals surface area contributed by atoms with Crippen LogP contribution in [0.4, 0.5) is 32.0 Å². The van der Waals surface area contributed by atoms with Gasteiger partial charge in [0, 0.05) is 18.5 Å². The van der Waals surface area contributed by atoms with Gasteiger partial charge in [0.05, 0.1) is 22.6 Å². The molecule has 196 valence electrons. The summed E-state index contributed by atoms with van der Waals surface area (Å²) in [5, 5.41) is 9.29. The number of alkyl halides is 5. The van der Waals surface area contributed by atoms with Crippen molar-refractivity contribution in [3.8, 4) is 16.9 Å². The first-order valence-corrected chi connectivity index (χ1v) is 12.0. The minimum Gasteiger partial charge on any atom is -0.481 e. The third kappa shape index (κ3) is 5.50. The Bertz CT molecular complexity index is 1460. The van der Waals surface area contributed by atoms with E-state index in [0.717, 1.165) is 34.6 Å². The number of carbonyl (C=O) groups is 1. The molecule has 3 aromatic carbocycles. The summed E-state index contributed by atoms with van der Waals surface area (Å²) < 4.78 is 111. The summed E-state index contributed by atoms with van der Waals surface area (Å²) in [7, 11) is -4.59. The highest BCUT2D eigenvalue weighted by Crippen LogP contribution is 2.44. The number of carboxylic acid groups (broad SMARTS) is 1. The third-order valence-electron chi connectivity index (χ3n) is 5.73. The molecule has 1 unspecified atom stereocenters. The fourth-order valence-corrected chi connectivity index (χ4v) is 5.73. The Kier molecular flexibility index (Phi) is 6.84. The summed E-state index contributed by atoms with van der Waals surface area (Å²) in [6, 6.07) is 10.1. The average Bonchev–Trinajstić information content (AvgIpc) is 3.15. The Morgan fingerprint density at radius 1 is 1.05 bits per heavy atom. The summed E-state index contributed by atoms with van der Waals surface area (Å²) in [5.41, 5.74) is -0.687. The van der Waals surface area contributed by atoms with Crippen LogP contribution in [0.25, 0.3) is 11.1 Å². The van der Waals surface area contributed by atoms with Gasteiger partial charge in [-0.2, -0.15) is 22.0 Å². The molecule has 1 aliphatic heterocycles. The van der Waals surface area contributed by atoms with E-state index in [0.29, 0.717) is 17.7 Å². The van der Waals surface area contributed by atoms with Crippen molar-refractivity contribution in [3.05, 3.63) is 77.6 Å². The van der Waals surface area contributed by atoms with Gasteiger partial charge in [0.2, 0.25) is 0 Å². The molecule has 1 N–H and O–H groups in total. The SMILES string of the molecule is O=C(O)CC1CN(S(=O)(=O)c2cccc(C(F)(F)F)c2)c2cc(-c3cc(F)cc(OC(F)F)c3)ccc21. The lowest BCUT2D eigenvalue weighted by Crippen LogP contribution is -2.30. The van der Waals surface area contributed by atoms with Gasteiger partial charge in [-0.1, -0.05) is 18.2 Å². The lowest BCUT2D eigenvalue weighted by atomic mass is 9.95. The van der Waals surface area contributed by atoms with Crippen LogP contribution in [0.15, 0.2) is 65.6 Å². The second-order valence-corrected chi connectivity index (χ2v) is 10.0. The molecule has 0 spiro atoms. The lowest BCUT2D eigenvalue weighted by Gasteiger charge is -2.21. The van der Waals surface area contributed by atoms with Crippen LogP contribution in [-0.2, 0) is 21.0 Å². The molecule has 37 heavy (non-hydrogen) atoms. The van der Waals surface area contributed by atoms with Crippen LogP contribution in [0.3, 0.4) is 0 Å². The Morgan fingerprint density at radius 3 is 2.43 bits per heavy atom. The summed E-state index contributed by atoms with van der Waals surface area (Å²) in [6.45, 7) is -3.59. The van der Waals surface area contributed by atoms with Crippen molar-refractivity contribution in [2.75, 3.05) is 10.8 Å². The summed E-state index contributed by atoms with van der Waals surface area (Å²) >= 11 is 0. The van der Waals surface area contributed by atoms with Gasteiger partial charge in [-0.05, 0) is 53.1 Å². The number of anilines is 1. The number of sulfonamides is 1. The van der Waals surface area contributed by atoms with Crippen LogP contribution >= 0.6 is 0 Å². The number of fused-ring (bicyclic) bond motifs is 1. The monoisotopic (exact) mass is 545 g/mol. The molecule has 0 bridgehead atoms. The topological polar surface area (TPSA) is 83.9 Å². The molecule has 4 rings (SSSR count). The molecule has 0 radical (unpaired) electrons. The van der Waals surface area contributed by atoms with Crippen molar-refractivity contribution in [2.45, 2.75) is 30.0 Å². The molecule has 0 aliphatic carbocycles. The van der Waals surface area contributed by atoms with Crippen molar-refractivity contribution >= 4 is 21.7 Å². The number of rotatable bonds is 7. The van der Waals surface area contributed by atoms with Crippen LogP contribution in [0.5, 0.6) is 5.75 Å². The van der Waals surface area contributed by atoms with E-state index >= 15 is 0 Å². The number of carboxylic acids is 1. The van der Waals surface area contributed by atoms with Gasteiger partial charge in [0.25, 0.3) is 10.0 Å². The molecule has 0 saturated carbocycles. The molecule has 1 atom stereocenters. The number of ether oxygens (including phenoxy) is 1. The van der Waals surface area contributed by atoms with Gasteiger partial charge in [-0.15, -0.1) is 0 Å². The Hall–Kier alpha value is -3.74. The average molecular weight is 545 g/mol. The second-order valence-electron chi connectivity index (χ2n) is 8.18. The molecule has 1 heterocycles. The van der Waals surface area contributed by atoms with Gasteiger partial charge >= 0.3 is 18.8 Å². The third-order valence-corrected chi connectivity index (χ3v) is 7.50. The number of benzene rings is 3. The zero-order chi connectivity index (χ0) is 27.1. The zero-order valence-corrected chi connectivity index (χ0v) is 19.4.